The van der Waals surface area contributed by atoms with Crippen molar-refractivity contribution in [2.75, 3.05) is 0 Å². The molecule has 0 radical (unpaired) electrons. The molecule has 3 nitrogen and oxygen atoms in total. The summed E-state index contributed by atoms with van der Waals surface area (Å²) in [4.78, 5) is 16.1. The molecule has 0 saturated heterocycles. The minimum Gasteiger partial charge on any atom is -0.405 e. The first-order chi connectivity index (χ1) is 9.38. The Hall–Kier alpha value is -2.37. The van der Waals surface area contributed by atoms with Gasteiger partial charge in [-0.1, -0.05) is 18.2 Å². The molecule has 0 unspecified atom stereocenters. The van der Waals surface area contributed by atoms with Crippen molar-refractivity contribution in [1.82, 2.24) is 4.98 Å². The van der Waals surface area contributed by atoms with E-state index in [1.807, 2.05) is 0 Å². The molecule has 0 atom stereocenters. The van der Waals surface area contributed by atoms with Crippen molar-refractivity contribution in [2.45, 2.75) is 13.3 Å². The van der Waals surface area contributed by atoms with Gasteiger partial charge in [-0.15, -0.1) is 13.2 Å². The van der Waals surface area contributed by atoms with Crippen molar-refractivity contribution in [3.05, 3.63) is 59.4 Å². The minimum absolute atomic E-state index is 0.0637. The summed E-state index contributed by atoms with van der Waals surface area (Å²) in [6.07, 6.45) is -3.46. The molecule has 0 bridgehead atoms. The van der Waals surface area contributed by atoms with Gasteiger partial charge < -0.3 is 4.74 Å². The van der Waals surface area contributed by atoms with Crippen LogP contribution in [0.1, 0.15) is 21.6 Å². The van der Waals surface area contributed by atoms with Crippen LogP contribution in [-0.4, -0.2) is 17.1 Å². The van der Waals surface area contributed by atoms with Gasteiger partial charge in [-0.25, -0.2) is 0 Å². The number of aryl methyl sites for hydroxylation is 1. The number of hydrogen-bond acceptors (Lipinski definition) is 3. The van der Waals surface area contributed by atoms with Gasteiger partial charge in [-0.05, 0) is 30.7 Å². The third kappa shape index (κ3) is 3.14. The molecule has 2 rings (SSSR count). The van der Waals surface area contributed by atoms with Gasteiger partial charge >= 0.3 is 6.36 Å². The van der Waals surface area contributed by atoms with Crippen molar-refractivity contribution in [2.24, 2.45) is 0 Å². The van der Waals surface area contributed by atoms with Crippen LogP contribution in [0.15, 0.2) is 42.6 Å². The first-order valence-electron chi connectivity index (χ1n) is 5.69. The molecule has 20 heavy (non-hydrogen) atoms. The second kappa shape index (κ2) is 5.32. The third-order valence-electron chi connectivity index (χ3n) is 2.58. The highest BCUT2D eigenvalue weighted by Crippen LogP contribution is 2.29. The van der Waals surface area contributed by atoms with Crippen LogP contribution in [0.2, 0.25) is 0 Å². The largest absolute Gasteiger partial charge is 0.573 e. The van der Waals surface area contributed by atoms with Gasteiger partial charge in [0.1, 0.15) is 11.4 Å². The fraction of sp³-hybridized carbons (Fsp3) is 0.143. The van der Waals surface area contributed by atoms with E-state index < -0.39 is 17.9 Å². The number of benzene rings is 1. The zero-order valence-corrected chi connectivity index (χ0v) is 10.4. The van der Waals surface area contributed by atoms with Crippen LogP contribution in [0.25, 0.3) is 0 Å². The fourth-order valence-electron chi connectivity index (χ4n) is 1.77. The van der Waals surface area contributed by atoms with Crippen LogP contribution < -0.4 is 4.74 Å². The van der Waals surface area contributed by atoms with Crippen LogP contribution in [0.4, 0.5) is 13.2 Å². The van der Waals surface area contributed by atoms with E-state index in [1.165, 1.54) is 18.3 Å². The highest BCUT2D eigenvalue weighted by molar-refractivity contribution is 6.10. The molecular formula is C14H10F3NO2. The molecule has 6 heteroatoms. The van der Waals surface area contributed by atoms with Crippen molar-refractivity contribution in [3.8, 4) is 5.75 Å². The van der Waals surface area contributed by atoms with E-state index in [2.05, 4.69) is 9.72 Å². The number of ether oxygens (including phenoxy) is 1. The van der Waals surface area contributed by atoms with Crippen LogP contribution in [0, 0.1) is 6.92 Å². The Morgan fingerprint density at radius 3 is 2.50 bits per heavy atom. The van der Waals surface area contributed by atoms with E-state index in [0.717, 1.165) is 6.07 Å². The summed E-state index contributed by atoms with van der Waals surface area (Å²) < 4.78 is 41.0. The van der Waals surface area contributed by atoms with Crippen LogP contribution in [0.5, 0.6) is 5.75 Å². The van der Waals surface area contributed by atoms with Crippen LogP contribution >= 0.6 is 0 Å². The lowest BCUT2D eigenvalue weighted by molar-refractivity contribution is -0.274. The molecule has 0 fully saturated rings. The number of halogens is 3. The smallest absolute Gasteiger partial charge is 0.405 e. The van der Waals surface area contributed by atoms with Gasteiger partial charge in [-0.2, -0.15) is 0 Å². The Bertz CT molecular complexity index is 624. The number of ketones is 1. The summed E-state index contributed by atoms with van der Waals surface area (Å²) in [5, 5.41) is 0. The Balaban J connectivity index is 2.48. The molecule has 0 amide bonds. The van der Waals surface area contributed by atoms with Gasteiger partial charge in [0, 0.05) is 6.20 Å². The van der Waals surface area contributed by atoms with Crippen molar-refractivity contribution < 1.29 is 22.7 Å². The lowest BCUT2D eigenvalue weighted by atomic mass is 10.0. The average Bonchev–Trinajstić information content (AvgIpc) is 2.37. The zero-order chi connectivity index (χ0) is 14.8. The third-order valence-corrected chi connectivity index (χ3v) is 2.58. The Morgan fingerprint density at radius 1 is 1.15 bits per heavy atom. The zero-order valence-electron chi connectivity index (χ0n) is 10.4. The maximum Gasteiger partial charge on any atom is 0.573 e. The van der Waals surface area contributed by atoms with E-state index in [4.69, 9.17) is 0 Å². The molecule has 0 aliphatic heterocycles. The number of alkyl halides is 3. The van der Waals surface area contributed by atoms with Gasteiger partial charge in [0.25, 0.3) is 0 Å². The Labute approximate surface area is 113 Å². The minimum atomic E-state index is -4.85. The number of aromatic nitrogens is 1. The predicted octanol–water partition coefficient (Wildman–Crippen LogP) is 3.52. The molecule has 1 aromatic carbocycles. The van der Waals surface area contributed by atoms with Crippen molar-refractivity contribution in [3.63, 3.8) is 0 Å². The number of hydrogen-bond donors (Lipinski definition) is 0. The molecule has 0 saturated carbocycles. The number of carbonyl (C=O) groups excluding carboxylic acids is 1. The molecule has 2 aromatic rings. The quantitative estimate of drug-likeness (QED) is 0.808. The van der Waals surface area contributed by atoms with E-state index >= 15 is 0 Å². The summed E-state index contributed by atoms with van der Waals surface area (Å²) in [5.74, 6) is -1.13. The topological polar surface area (TPSA) is 39.2 Å². The SMILES string of the molecule is Cc1cccc(OC(F)(F)F)c1C(=O)c1ccccn1. The summed E-state index contributed by atoms with van der Waals surface area (Å²) in [6, 6.07) is 8.68. The molecule has 1 heterocycles. The van der Waals surface area contributed by atoms with Crippen molar-refractivity contribution >= 4 is 5.78 Å². The standard InChI is InChI=1S/C14H10F3NO2/c1-9-5-4-7-11(20-14(15,16)17)12(9)13(19)10-6-2-3-8-18-10/h2-8H,1H3. The lowest BCUT2D eigenvalue weighted by Gasteiger charge is -2.14. The second-order valence-corrected chi connectivity index (χ2v) is 4.04. The average molecular weight is 281 g/mol. The van der Waals surface area contributed by atoms with Crippen LogP contribution in [-0.2, 0) is 0 Å². The number of carbonyl (C=O) groups is 1. The van der Waals surface area contributed by atoms with Gasteiger partial charge in [0.2, 0.25) is 5.78 Å². The van der Waals surface area contributed by atoms with Gasteiger partial charge in [-0.3, -0.25) is 9.78 Å². The van der Waals surface area contributed by atoms with E-state index in [0.29, 0.717) is 5.56 Å². The molecule has 0 spiro atoms. The summed E-state index contributed by atoms with van der Waals surface area (Å²) >= 11 is 0. The second-order valence-electron chi connectivity index (χ2n) is 4.04. The molecule has 0 N–H and O–H groups in total. The number of pyridine rings is 1. The first kappa shape index (κ1) is 14.0. The monoisotopic (exact) mass is 281 g/mol. The Morgan fingerprint density at radius 2 is 1.90 bits per heavy atom. The Kier molecular flexibility index (Phi) is 3.74. The number of nitrogens with zero attached hydrogens (tertiary/aromatic N) is 1. The summed E-state index contributed by atoms with van der Waals surface area (Å²) in [7, 11) is 0. The molecule has 104 valence electrons. The van der Waals surface area contributed by atoms with E-state index in [1.54, 1.807) is 25.1 Å². The number of rotatable bonds is 3. The predicted molar refractivity (Wildman–Crippen MR) is 65.5 cm³/mol. The highest BCUT2D eigenvalue weighted by Gasteiger charge is 2.33. The first-order valence-corrected chi connectivity index (χ1v) is 5.69. The summed E-state index contributed by atoms with van der Waals surface area (Å²) in [6.45, 7) is 1.54. The fourth-order valence-corrected chi connectivity index (χ4v) is 1.77. The maximum absolute atomic E-state index is 12.4. The van der Waals surface area contributed by atoms with Crippen LogP contribution in [0.3, 0.4) is 0 Å². The van der Waals surface area contributed by atoms with Gasteiger partial charge in [0.15, 0.2) is 0 Å². The van der Waals surface area contributed by atoms with Gasteiger partial charge in [0.05, 0.1) is 5.56 Å². The van der Waals surface area contributed by atoms with E-state index in [9.17, 15) is 18.0 Å². The summed E-state index contributed by atoms with van der Waals surface area (Å²) in [5.41, 5.74) is 0.319. The molecular weight excluding hydrogens is 271 g/mol. The van der Waals surface area contributed by atoms with Crippen molar-refractivity contribution in [1.29, 1.82) is 0 Å². The molecule has 1 aromatic heterocycles. The lowest BCUT2D eigenvalue weighted by Crippen LogP contribution is -2.20. The van der Waals surface area contributed by atoms with E-state index in [-0.39, 0.29) is 11.3 Å². The molecule has 0 aliphatic carbocycles. The highest BCUT2D eigenvalue weighted by atomic mass is 19.4. The normalized spacial score (nSPS) is 11.2. The molecule has 0 aliphatic rings. The maximum atomic E-state index is 12.4.